The Labute approximate surface area is 178 Å². The molecule has 0 aliphatic heterocycles. The van der Waals surface area contributed by atoms with Crippen molar-refractivity contribution in [3.63, 3.8) is 0 Å². The first-order chi connectivity index (χ1) is 14.7. The van der Waals surface area contributed by atoms with Crippen molar-refractivity contribution in [3.8, 4) is 0 Å². The van der Waals surface area contributed by atoms with E-state index in [9.17, 15) is 18.0 Å². The number of halogens is 3. The molecular weight excluding hydrogens is 429 g/mol. The third kappa shape index (κ3) is 4.50. The largest absolute Gasteiger partial charge is 0.425 e. The number of carbonyl (C=O) groups excluding carboxylic acids is 1. The van der Waals surface area contributed by atoms with Gasteiger partial charge < -0.3 is 10.6 Å². The van der Waals surface area contributed by atoms with Crippen LogP contribution in [0.3, 0.4) is 0 Å². The molecule has 7 nitrogen and oxygen atoms in total. The first-order valence-corrected chi connectivity index (χ1v) is 10.0. The van der Waals surface area contributed by atoms with Gasteiger partial charge in [0.15, 0.2) is 5.65 Å². The van der Waals surface area contributed by atoms with Crippen LogP contribution in [0.5, 0.6) is 0 Å². The molecule has 3 aromatic heterocycles. The number of hydrogen-bond acceptors (Lipinski definition) is 6. The lowest BCUT2D eigenvalue weighted by molar-refractivity contribution is -0.134. The van der Waals surface area contributed by atoms with Crippen LogP contribution in [0.2, 0.25) is 0 Å². The van der Waals surface area contributed by atoms with Crippen LogP contribution in [0.15, 0.2) is 48.8 Å². The summed E-state index contributed by atoms with van der Waals surface area (Å²) in [5.41, 5.74) is 2.67. The Kier molecular flexibility index (Phi) is 5.36. The highest BCUT2D eigenvalue weighted by Crippen LogP contribution is 2.34. The lowest BCUT2D eigenvalue weighted by Crippen LogP contribution is -2.12. The van der Waals surface area contributed by atoms with Gasteiger partial charge in [-0.1, -0.05) is 12.1 Å². The van der Waals surface area contributed by atoms with Crippen LogP contribution in [0, 0.1) is 0 Å². The first-order valence-electron chi connectivity index (χ1n) is 9.20. The van der Waals surface area contributed by atoms with Gasteiger partial charge in [0.2, 0.25) is 0 Å². The molecule has 0 aliphatic carbocycles. The molecule has 4 rings (SSSR count). The molecule has 0 fully saturated rings. The van der Waals surface area contributed by atoms with Gasteiger partial charge in [-0.3, -0.25) is 4.79 Å². The number of nitrogens with one attached hydrogen (secondary N) is 2. The molecule has 0 radical (unpaired) electrons. The topological polar surface area (TPSA) is 84.7 Å². The maximum Gasteiger partial charge on any atom is 0.425 e. The highest BCUT2D eigenvalue weighted by molar-refractivity contribution is 7.14. The van der Waals surface area contributed by atoms with Crippen molar-refractivity contribution < 1.29 is 18.0 Å². The maximum absolute atomic E-state index is 12.8. The number of alkyl halides is 3. The van der Waals surface area contributed by atoms with Gasteiger partial charge in [-0.15, -0.1) is 11.3 Å². The van der Waals surface area contributed by atoms with Gasteiger partial charge >= 0.3 is 6.18 Å². The van der Waals surface area contributed by atoms with E-state index in [4.69, 9.17) is 0 Å². The minimum absolute atomic E-state index is 0.0105. The van der Waals surface area contributed by atoms with Crippen molar-refractivity contribution in [1.29, 1.82) is 0 Å². The van der Waals surface area contributed by atoms with Gasteiger partial charge in [0, 0.05) is 12.7 Å². The van der Waals surface area contributed by atoms with Crippen LogP contribution >= 0.6 is 11.3 Å². The monoisotopic (exact) mass is 446 g/mol. The number of rotatable bonds is 5. The van der Waals surface area contributed by atoms with Crippen molar-refractivity contribution >= 4 is 39.9 Å². The number of thiophene rings is 1. The minimum atomic E-state index is -4.47. The molecule has 11 heteroatoms. The summed E-state index contributed by atoms with van der Waals surface area (Å²) in [6.45, 7) is 1.92. The van der Waals surface area contributed by atoms with E-state index in [0.717, 1.165) is 11.6 Å². The summed E-state index contributed by atoms with van der Waals surface area (Å²) < 4.78 is 39.9. The fourth-order valence-electron chi connectivity index (χ4n) is 2.98. The second kappa shape index (κ2) is 7.99. The molecule has 1 atom stereocenters. The molecule has 0 saturated heterocycles. The fraction of sp³-hybridized carbons (Fsp3) is 0.200. The van der Waals surface area contributed by atoms with Gasteiger partial charge in [0.25, 0.3) is 5.91 Å². The molecule has 0 bridgehead atoms. The van der Waals surface area contributed by atoms with Crippen molar-refractivity contribution in [3.05, 3.63) is 64.1 Å². The van der Waals surface area contributed by atoms with Gasteiger partial charge in [-0.05, 0) is 36.8 Å². The minimum Gasteiger partial charge on any atom is -0.362 e. The van der Waals surface area contributed by atoms with Crippen molar-refractivity contribution in [1.82, 2.24) is 19.7 Å². The number of nitrogens with zero attached hydrogens (tertiary/aromatic N) is 4. The highest BCUT2D eigenvalue weighted by Gasteiger charge is 2.33. The van der Waals surface area contributed by atoms with Crippen LogP contribution in [0.4, 0.5) is 24.7 Å². The average Bonchev–Trinajstić information content (AvgIpc) is 3.36. The number of amides is 1. The van der Waals surface area contributed by atoms with E-state index in [0.29, 0.717) is 34.0 Å². The smallest absolute Gasteiger partial charge is 0.362 e. The molecule has 160 valence electrons. The molecule has 1 amide bonds. The van der Waals surface area contributed by atoms with Crippen LogP contribution < -0.4 is 10.6 Å². The number of aryl methyl sites for hydroxylation is 1. The third-order valence-electron chi connectivity index (χ3n) is 4.56. The zero-order chi connectivity index (χ0) is 22.2. The Hall–Kier alpha value is -3.47. The van der Waals surface area contributed by atoms with Crippen LogP contribution in [0.1, 0.15) is 33.1 Å². The second-order valence-electron chi connectivity index (χ2n) is 6.84. The lowest BCUT2D eigenvalue weighted by Gasteiger charge is -2.16. The third-order valence-corrected chi connectivity index (χ3v) is 5.69. The van der Waals surface area contributed by atoms with E-state index in [1.165, 1.54) is 6.07 Å². The normalized spacial score (nSPS) is 12.7. The van der Waals surface area contributed by atoms with E-state index in [-0.39, 0.29) is 10.9 Å². The Balaban J connectivity index is 1.47. The van der Waals surface area contributed by atoms with Gasteiger partial charge in [-0.2, -0.15) is 18.3 Å². The van der Waals surface area contributed by atoms with Crippen LogP contribution in [0.25, 0.3) is 11.2 Å². The molecule has 0 saturated carbocycles. The van der Waals surface area contributed by atoms with Gasteiger partial charge in [0.1, 0.15) is 16.2 Å². The highest BCUT2D eigenvalue weighted by atomic mass is 32.1. The standard InChI is InChI=1S/C20H17F3N6OS/c1-11(26-17-10-24-14-9-25-29(2)18(14)28-17)12-4-3-5-13(8-12)27-19(30)15-6-7-16(31-15)20(21,22)23/h3-11H,1-2H3,(H,26,28)(H,27,30)/t11-/m0/s1. The van der Waals surface area contributed by atoms with Gasteiger partial charge in [-0.25, -0.2) is 14.6 Å². The summed E-state index contributed by atoms with van der Waals surface area (Å²) in [6, 6.07) is 8.96. The van der Waals surface area contributed by atoms with Crippen LogP contribution in [-0.4, -0.2) is 25.7 Å². The van der Waals surface area contributed by atoms with E-state index in [2.05, 4.69) is 25.7 Å². The quantitative estimate of drug-likeness (QED) is 0.457. The van der Waals surface area contributed by atoms with E-state index in [1.807, 2.05) is 13.0 Å². The zero-order valence-corrected chi connectivity index (χ0v) is 17.3. The van der Waals surface area contributed by atoms with Gasteiger partial charge in [0.05, 0.1) is 23.3 Å². The molecule has 1 aromatic carbocycles. The number of benzene rings is 1. The average molecular weight is 446 g/mol. The summed E-state index contributed by atoms with van der Waals surface area (Å²) in [4.78, 5) is 20.3. The zero-order valence-electron chi connectivity index (χ0n) is 16.4. The van der Waals surface area contributed by atoms with Crippen molar-refractivity contribution in [2.75, 3.05) is 10.6 Å². The maximum atomic E-state index is 12.8. The summed E-state index contributed by atoms with van der Waals surface area (Å²) in [5.74, 6) is -0.0258. The molecule has 4 aromatic rings. The van der Waals surface area contributed by atoms with Crippen molar-refractivity contribution in [2.24, 2.45) is 7.05 Å². The molecule has 31 heavy (non-hydrogen) atoms. The Morgan fingerprint density at radius 3 is 2.74 bits per heavy atom. The molecule has 3 heterocycles. The molecular formula is C20H17F3N6OS. The fourth-order valence-corrected chi connectivity index (χ4v) is 3.75. The first kappa shape index (κ1) is 20.8. The summed E-state index contributed by atoms with van der Waals surface area (Å²) in [7, 11) is 1.78. The molecule has 0 aliphatic rings. The summed E-state index contributed by atoms with van der Waals surface area (Å²) in [6.07, 6.45) is -1.22. The predicted octanol–water partition coefficient (Wildman–Crippen LogP) is 4.87. The molecule has 0 unspecified atom stereocenters. The number of fused-ring (bicyclic) bond motifs is 1. The lowest BCUT2D eigenvalue weighted by atomic mass is 10.1. The second-order valence-corrected chi connectivity index (χ2v) is 7.92. The van der Waals surface area contributed by atoms with E-state index in [1.54, 1.807) is 42.3 Å². The number of hydrogen-bond donors (Lipinski definition) is 2. The van der Waals surface area contributed by atoms with Crippen LogP contribution in [-0.2, 0) is 13.2 Å². The Morgan fingerprint density at radius 2 is 2.00 bits per heavy atom. The van der Waals surface area contributed by atoms with E-state index < -0.39 is 17.0 Å². The Bertz CT molecular complexity index is 1250. The predicted molar refractivity (Wildman–Crippen MR) is 112 cm³/mol. The number of anilines is 2. The Morgan fingerprint density at radius 1 is 1.19 bits per heavy atom. The summed E-state index contributed by atoms with van der Waals surface area (Å²) >= 11 is 0.411. The SMILES string of the molecule is C[C@H](Nc1cnc2cnn(C)c2n1)c1cccc(NC(=O)c2ccc(C(F)(F)F)s2)c1. The summed E-state index contributed by atoms with van der Waals surface area (Å²) in [5, 5.41) is 10.0. The number of carbonyl (C=O) groups is 1. The van der Waals surface area contributed by atoms with E-state index >= 15 is 0 Å². The molecule has 2 N–H and O–H groups in total. The van der Waals surface area contributed by atoms with Crippen molar-refractivity contribution in [2.45, 2.75) is 19.1 Å². The number of aromatic nitrogens is 4. The molecule has 0 spiro atoms.